The summed E-state index contributed by atoms with van der Waals surface area (Å²) in [6.07, 6.45) is 0. The first-order valence-corrected chi connectivity index (χ1v) is 7.78. The molecular formula is C16H13BrClFN2. The SMILES string of the molecule is Cc1cc(Br)cc(-n2c(C(C)Cl)nc3cc(F)ccc32)c1. The summed E-state index contributed by atoms with van der Waals surface area (Å²) in [6, 6.07) is 10.7. The van der Waals surface area contributed by atoms with Crippen LogP contribution in [0.4, 0.5) is 4.39 Å². The third-order valence-corrected chi connectivity index (χ3v) is 3.94. The van der Waals surface area contributed by atoms with E-state index in [0.29, 0.717) is 11.3 Å². The van der Waals surface area contributed by atoms with Crippen molar-refractivity contribution in [3.8, 4) is 5.69 Å². The molecule has 5 heteroatoms. The highest BCUT2D eigenvalue weighted by atomic mass is 79.9. The number of fused-ring (bicyclic) bond motifs is 1. The van der Waals surface area contributed by atoms with Gasteiger partial charge in [-0.3, -0.25) is 4.57 Å². The molecule has 0 aliphatic carbocycles. The second-order valence-corrected chi connectivity index (χ2v) is 6.61. The Kier molecular flexibility index (Phi) is 3.76. The van der Waals surface area contributed by atoms with Crippen molar-refractivity contribution < 1.29 is 4.39 Å². The van der Waals surface area contributed by atoms with E-state index in [-0.39, 0.29) is 11.2 Å². The van der Waals surface area contributed by atoms with E-state index in [9.17, 15) is 4.39 Å². The Morgan fingerprint density at radius 3 is 2.67 bits per heavy atom. The number of nitrogens with zero attached hydrogens (tertiary/aromatic N) is 2. The third-order valence-electron chi connectivity index (χ3n) is 3.28. The third kappa shape index (κ3) is 2.70. The molecule has 0 radical (unpaired) electrons. The Balaban J connectivity index is 2.36. The molecule has 0 aliphatic rings. The highest BCUT2D eigenvalue weighted by Gasteiger charge is 2.17. The highest BCUT2D eigenvalue weighted by Crippen LogP contribution is 2.30. The van der Waals surface area contributed by atoms with Gasteiger partial charge in [0.15, 0.2) is 0 Å². The average molecular weight is 368 g/mol. The van der Waals surface area contributed by atoms with Gasteiger partial charge in [-0.25, -0.2) is 9.37 Å². The molecular weight excluding hydrogens is 355 g/mol. The van der Waals surface area contributed by atoms with E-state index in [4.69, 9.17) is 11.6 Å². The Morgan fingerprint density at radius 2 is 2.00 bits per heavy atom. The molecule has 3 aromatic rings. The van der Waals surface area contributed by atoms with E-state index in [0.717, 1.165) is 21.2 Å². The van der Waals surface area contributed by atoms with Crippen LogP contribution in [0.3, 0.4) is 0 Å². The standard InChI is InChI=1S/C16H13BrClFN2/c1-9-5-11(17)7-13(6-9)21-15-4-3-12(19)8-14(15)20-16(21)10(2)18/h3-8,10H,1-2H3. The Labute approximate surface area is 135 Å². The van der Waals surface area contributed by atoms with Gasteiger partial charge in [0, 0.05) is 16.2 Å². The summed E-state index contributed by atoms with van der Waals surface area (Å²) in [5.41, 5.74) is 3.53. The number of aryl methyl sites for hydroxylation is 1. The van der Waals surface area contributed by atoms with E-state index < -0.39 is 0 Å². The van der Waals surface area contributed by atoms with E-state index in [1.165, 1.54) is 12.1 Å². The van der Waals surface area contributed by atoms with Crippen molar-refractivity contribution in [1.82, 2.24) is 9.55 Å². The van der Waals surface area contributed by atoms with E-state index in [1.54, 1.807) is 6.07 Å². The quantitative estimate of drug-likeness (QED) is 0.544. The lowest BCUT2D eigenvalue weighted by molar-refractivity contribution is 0.629. The van der Waals surface area contributed by atoms with Crippen LogP contribution in [0.5, 0.6) is 0 Å². The molecule has 0 bridgehead atoms. The topological polar surface area (TPSA) is 17.8 Å². The number of hydrogen-bond donors (Lipinski definition) is 0. The molecule has 0 spiro atoms. The minimum atomic E-state index is -0.300. The zero-order valence-corrected chi connectivity index (χ0v) is 13.9. The molecule has 2 aromatic carbocycles. The Hall–Kier alpha value is -1.39. The fraction of sp³-hybridized carbons (Fsp3) is 0.188. The molecule has 0 N–H and O–H groups in total. The van der Waals surface area contributed by atoms with E-state index in [1.807, 2.05) is 30.5 Å². The number of aromatic nitrogens is 2. The lowest BCUT2D eigenvalue weighted by Gasteiger charge is -2.12. The van der Waals surface area contributed by atoms with E-state index in [2.05, 4.69) is 27.0 Å². The second kappa shape index (κ2) is 5.43. The van der Waals surface area contributed by atoms with Crippen LogP contribution < -0.4 is 0 Å². The molecule has 21 heavy (non-hydrogen) atoms. The number of rotatable bonds is 2. The predicted octanol–water partition coefficient (Wildman–Crippen LogP) is 5.54. The lowest BCUT2D eigenvalue weighted by Crippen LogP contribution is -2.02. The number of benzene rings is 2. The monoisotopic (exact) mass is 366 g/mol. The van der Waals surface area contributed by atoms with Crippen molar-refractivity contribution in [3.63, 3.8) is 0 Å². The fourth-order valence-corrected chi connectivity index (χ4v) is 3.20. The summed E-state index contributed by atoms with van der Waals surface area (Å²) >= 11 is 9.77. The summed E-state index contributed by atoms with van der Waals surface area (Å²) in [5, 5.41) is -0.278. The fourth-order valence-electron chi connectivity index (χ4n) is 2.46. The lowest BCUT2D eigenvalue weighted by atomic mass is 10.2. The number of imidazole rings is 1. The molecule has 0 saturated carbocycles. The first-order valence-electron chi connectivity index (χ1n) is 6.55. The summed E-state index contributed by atoms with van der Waals surface area (Å²) in [4.78, 5) is 4.48. The molecule has 1 heterocycles. The van der Waals surface area contributed by atoms with Crippen LogP contribution >= 0.6 is 27.5 Å². The predicted molar refractivity (Wildman–Crippen MR) is 87.7 cm³/mol. The average Bonchev–Trinajstić information content (AvgIpc) is 2.76. The molecule has 1 unspecified atom stereocenters. The van der Waals surface area contributed by atoms with Crippen LogP contribution in [0.1, 0.15) is 23.7 Å². The minimum Gasteiger partial charge on any atom is -0.295 e. The van der Waals surface area contributed by atoms with Gasteiger partial charge in [-0.2, -0.15) is 0 Å². The molecule has 0 saturated heterocycles. The zero-order chi connectivity index (χ0) is 15.1. The van der Waals surface area contributed by atoms with Gasteiger partial charge < -0.3 is 0 Å². The summed E-state index contributed by atoms with van der Waals surface area (Å²) < 4.78 is 16.4. The maximum Gasteiger partial charge on any atom is 0.132 e. The minimum absolute atomic E-state index is 0.278. The van der Waals surface area contributed by atoms with Gasteiger partial charge in [-0.15, -0.1) is 11.6 Å². The number of hydrogen-bond acceptors (Lipinski definition) is 1. The number of alkyl halides is 1. The second-order valence-electron chi connectivity index (χ2n) is 5.04. The summed E-state index contributed by atoms with van der Waals surface area (Å²) in [7, 11) is 0. The molecule has 0 fully saturated rings. The molecule has 0 aliphatic heterocycles. The number of halogens is 3. The molecule has 2 nitrogen and oxygen atoms in total. The van der Waals surface area contributed by atoms with Gasteiger partial charge in [-0.05, 0) is 49.7 Å². The van der Waals surface area contributed by atoms with Crippen LogP contribution in [0.2, 0.25) is 0 Å². The van der Waals surface area contributed by atoms with Crippen molar-refractivity contribution in [3.05, 3.63) is 58.1 Å². The molecule has 1 aromatic heterocycles. The van der Waals surface area contributed by atoms with Gasteiger partial charge >= 0.3 is 0 Å². The Morgan fingerprint density at radius 1 is 1.24 bits per heavy atom. The van der Waals surface area contributed by atoms with Crippen LogP contribution in [0.15, 0.2) is 40.9 Å². The Bertz CT molecular complexity index is 806. The zero-order valence-electron chi connectivity index (χ0n) is 11.6. The van der Waals surface area contributed by atoms with Crippen LogP contribution in [-0.4, -0.2) is 9.55 Å². The van der Waals surface area contributed by atoms with Gasteiger partial charge in [-0.1, -0.05) is 15.9 Å². The normalized spacial score (nSPS) is 12.8. The molecule has 1 atom stereocenters. The van der Waals surface area contributed by atoms with Gasteiger partial charge in [0.1, 0.15) is 11.6 Å². The van der Waals surface area contributed by atoms with Crippen molar-refractivity contribution in [2.75, 3.05) is 0 Å². The van der Waals surface area contributed by atoms with E-state index >= 15 is 0 Å². The first-order chi connectivity index (χ1) is 9.95. The molecule has 0 amide bonds. The van der Waals surface area contributed by atoms with Crippen LogP contribution in [-0.2, 0) is 0 Å². The molecule has 3 rings (SSSR count). The highest BCUT2D eigenvalue weighted by molar-refractivity contribution is 9.10. The van der Waals surface area contributed by atoms with Crippen molar-refractivity contribution >= 4 is 38.6 Å². The van der Waals surface area contributed by atoms with Crippen LogP contribution in [0, 0.1) is 12.7 Å². The largest absolute Gasteiger partial charge is 0.295 e. The van der Waals surface area contributed by atoms with Crippen LogP contribution in [0.25, 0.3) is 16.7 Å². The van der Waals surface area contributed by atoms with Gasteiger partial charge in [0.2, 0.25) is 0 Å². The maximum absolute atomic E-state index is 13.4. The summed E-state index contributed by atoms with van der Waals surface area (Å²) in [6.45, 7) is 3.89. The molecule has 108 valence electrons. The first kappa shape index (κ1) is 14.5. The van der Waals surface area contributed by atoms with Crippen molar-refractivity contribution in [2.45, 2.75) is 19.2 Å². The van der Waals surface area contributed by atoms with Gasteiger partial charge in [0.25, 0.3) is 0 Å². The smallest absolute Gasteiger partial charge is 0.132 e. The van der Waals surface area contributed by atoms with Gasteiger partial charge in [0.05, 0.1) is 16.4 Å². The van der Waals surface area contributed by atoms with Crippen molar-refractivity contribution in [2.24, 2.45) is 0 Å². The van der Waals surface area contributed by atoms with Crippen molar-refractivity contribution in [1.29, 1.82) is 0 Å². The summed E-state index contributed by atoms with van der Waals surface area (Å²) in [5.74, 6) is 0.404. The maximum atomic E-state index is 13.4.